The van der Waals surface area contributed by atoms with E-state index in [-0.39, 0.29) is 12.2 Å². The molecule has 0 spiro atoms. The highest BCUT2D eigenvalue weighted by molar-refractivity contribution is 6.30. The third-order valence-corrected chi connectivity index (χ3v) is 4.56. The molecule has 1 aliphatic carbocycles. The molecule has 2 rings (SSSR count). The van der Waals surface area contributed by atoms with Crippen LogP contribution in [-0.2, 0) is 4.74 Å². The summed E-state index contributed by atoms with van der Waals surface area (Å²) < 4.78 is 5.69. The molecule has 3 nitrogen and oxygen atoms in total. The van der Waals surface area contributed by atoms with E-state index in [1.807, 2.05) is 0 Å². The first-order valence-corrected chi connectivity index (χ1v) is 8.06. The van der Waals surface area contributed by atoms with Gasteiger partial charge in [0.15, 0.2) is 0 Å². The number of anilines is 1. The van der Waals surface area contributed by atoms with Gasteiger partial charge in [-0.15, -0.1) is 0 Å². The Kier molecular flexibility index (Phi) is 5.51. The Balaban J connectivity index is 1.94. The fourth-order valence-electron chi connectivity index (χ4n) is 3.07. The van der Waals surface area contributed by atoms with E-state index < -0.39 is 0 Å². The number of hydrogen-bond acceptors (Lipinski definition) is 2. The zero-order valence-electron chi connectivity index (χ0n) is 12.9. The fourth-order valence-corrected chi connectivity index (χ4v) is 3.19. The van der Waals surface area contributed by atoms with Crippen molar-refractivity contribution in [2.45, 2.75) is 46.1 Å². The Bertz CT molecular complexity index is 472. The maximum atomic E-state index is 12.1. The van der Waals surface area contributed by atoms with Gasteiger partial charge in [0.2, 0.25) is 0 Å². The Hall–Kier alpha value is -1.22. The predicted octanol–water partition coefficient (Wildman–Crippen LogP) is 5.35. The summed E-state index contributed by atoms with van der Waals surface area (Å²) in [7, 11) is 0. The number of benzene rings is 1. The molecule has 3 atom stereocenters. The van der Waals surface area contributed by atoms with Gasteiger partial charge < -0.3 is 4.74 Å². The van der Waals surface area contributed by atoms with Gasteiger partial charge >= 0.3 is 6.09 Å². The van der Waals surface area contributed by atoms with Crippen LogP contribution in [0.3, 0.4) is 0 Å². The molecule has 1 N–H and O–H groups in total. The lowest BCUT2D eigenvalue weighted by molar-refractivity contribution is 0.0126. The largest absolute Gasteiger partial charge is 0.446 e. The van der Waals surface area contributed by atoms with Crippen LogP contribution in [0, 0.1) is 17.8 Å². The minimum Gasteiger partial charge on any atom is -0.446 e. The molecular weight excluding hydrogens is 286 g/mol. The van der Waals surface area contributed by atoms with Gasteiger partial charge in [-0.1, -0.05) is 38.8 Å². The van der Waals surface area contributed by atoms with Gasteiger partial charge in [0.25, 0.3) is 0 Å². The third-order valence-electron chi connectivity index (χ3n) is 4.31. The van der Waals surface area contributed by atoms with E-state index in [1.165, 1.54) is 6.42 Å². The van der Waals surface area contributed by atoms with Crippen LogP contribution < -0.4 is 5.32 Å². The molecule has 0 heterocycles. The van der Waals surface area contributed by atoms with E-state index in [9.17, 15) is 4.79 Å². The van der Waals surface area contributed by atoms with Gasteiger partial charge in [0, 0.05) is 10.7 Å². The van der Waals surface area contributed by atoms with Crippen molar-refractivity contribution < 1.29 is 9.53 Å². The van der Waals surface area contributed by atoms with Crippen molar-refractivity contribution in [3.05, 3.63) is 29.3 Å². The number of ether oxygens (including phenoxy) is 1. The highest BCUT2D eigenvalue weighted by Crippen LogP contribution is 2.35. The molecule has 0 aromatic heterocycles. The molecule has 1 aromatic rings. The SMILES string of the molecule is CC(C)[C@@H]1CC[C@H](C)C[C@H]1OC(=O)Nc1ccc(Cl)cc1. The summed E-state index contributed by atoms with van der Waals surface area (Å²) in [5.74, 6) is 1.61. The Morgan fingerprint density at radius 1 is 1.29 bits per heavy atom. The molecule has 0 radical (unpaired) electrons. The number of hydrogen-bond donors (Lipinski definition) is 1. The normalized spacial score (nSPS) is 25.7. The van der Waals surface area contributed by atoms with Gasteiger partial charge in [0.05, 0.1) is 0 Å². The van der Waals surface area contributed by atoms with Crippen molar-refractivity contribution in [3.63, 3.8) is 0 Å². The molecular formula is C17H24ClNO2. The summed E-state index contributed by atoms with van der Waals surface area (Å²) in [6.45, 7) is 6.63. The molecule has 1 saturated carbocycles. The molecule has 0 saturated heterocycles. The second-order valence-electron chi connectivity index (χ2n) is 6.40. The number of carbonyl (C=O) groups excluding carboxylic acids is 1. The zero-order valence-corrected chi connectivity index (χ0v) is 13.7. The average Bonchev–Trinajstić information content (AvgIpc) is 2.41. The predicted molar refractivity (Wildman–Crippen MR) is 86.7 cm³/mol. The molecule has 1 amide bonds. The second-order valence-corrected chi connectivity index (χ2v) is 6.84. The van der Waals surface area contributed by atoms with E-state index in [0.29, 0.717) is 28.5 Å². The van der Waals surface area contributed by atoms with E-state index >= 15 is 0 Å². The van der Waals surface area contributed by atoms with Gasteiger partial charge in [-0.2, -0.15) is 0 Å². The zero-order chi connectivity index (χ0) is 15.4. The first-order chi connectivity index (χ1) is 9.95. The highest BCUT2D eigenvalue weighted by atomic mass is 35.5. The smallest absolute Gasteiger partial charge is 0.411 e. The molecule has 0 aliphatic heterocycles. The van der Waals surface area contributed by atoms with Gasteiger partial charge in [-0.05, 0) is 54.9 Å². The summed E-state index contributed by atoms with van der Waals surface area (Å²) in [6, 6.07) is 7.04. The van der Waals surface area contributed by atoms with Crippen molar-refractivity contribution >= 4 is 23.4 Å². The monoisotopic (exact) mass is 309 g/mol. The van der Waals surface area contributed by atoms with E-state index in [1.54, 1.807) is 24.3 Å². The number of rotatable bonds is 3. The lowest BCUT2D eigenvalue weighted by Gasteiger charge is -2.36. The number of carbonyl (C=O) groups is 1. The standard InChI is InChI=1S/C17H24ClNO2/c1-11(2)15-9-4-12(3)10-16(15)21-17(20)19-14-7-5-13(18)6-8-14/h5-8,11-12,15-16H,4,9-10H2,1-3H3,(H,19,20)/t12-,15-,16+/m0/s1. The third kappa shape index (κ3) is 4.63. The van der Waals surface area contributed by atoms with Crippen molar-refractivity contribution in [1.82, 2.24) is 0 Å². The topological polar surface area (TPSA) is 38.3 Å². The maximum absolute atomic E-state index is 12.1. The van der Waals surface area contributed by atoms with Crippen LogP contribution in [0.1, 0.15) is 40.0 Å². The summed E-state index contributed by atoms with van der Waals surface area (Å²) in [5, 5.41) is 3.42. The lowest BCUT2D eigenvalue weighted by atomic mass is 9.75. The average molecular weight is 310 g/mol. The van der Waals surface area contributed by atoms with Crippen molar-refractivity contribution in [1.29, 1.82) is 0 Å². The number of nitrogens with one attached hydrogen (secondary N) is 1. The van der Waals surface area contributed by atoms with Gasteiger partial charge in [0.1, 0.15) is 6.10 Å². The van der Waals surface area contributed by atoms with E-state index in [0.717, 1.165) is 12.8 Å². The molecule has 4 heteroatoms. The minimum absolute atomic E-state index is 0.0149. The van der Waals surface area contributed by atoms with Crippen LogP contribution in [0.5, 0.6) is 0 Å². The number of halogens is 1. The Morgan fingerprint density at radius 3 is 2.57 bits per heavy atom. The number of amides is 1. The van der Waals surface area contributed by atoms with Crippen LogP contribution in [-0.4, -0.2) is 12.2 Å². The first kappa shape index (κ1) is 16.2. The first-order valence-electron chi connectivity index (χ1n) is 7.69. The van der Waals surface area contributed by atoms with Crippen LogP contribution in [0.2, 0.25) is 5.02 Å². The molecule has 0 bridgehead atoms. The molecule has 116 valence electrons. The quantitative estimate of drug-likeness (QED) is 0.817. The summed E-state index contributed by atoms with van der Waals surface area (Å²) >= 11 is 5.83. The summed E-state index contributed by atoms with van der Waals surface area (Å²) in [6.07, 6.45) is 2.96. The van der Waals surface area contributed by atoms with Crippen LogP contribution in [0.25, 0.3) is 0 Å². The minimum atomic E-state index is -0.373. The Morgan fingerprint density at radius 2 is 1.95 bits per heavy atom. The second kappa shape index (κ2) is 7.17. The molecule has 0 unspecified atom stereocenters. The van der Waals surface area contributed by atoms with Gasteiger partial charge in [-0.3, -0.25) is 5.32 Å². The summed E-state index contributed by atoms with van der Waals surface area (Å²) in [5.41, 5.74) is 0.703. The Labute approximate surface area is 132 Å². The van der Waals surface area contributed by atoms with Crippen LogP contribution >= 0.6 is 11.6 Å². The van der Waals surface area contributed by atoms with Crippen molar-refractivity contribution in [3.8, 4) is 0 Å². The lowest BCUT2D eigenvalue weighted by Crippen LogP contribution is -2.36. The highest BCUT2D eigenvalue weighted by Gasteiger charge is 2.33. The molecule has 1 fully saturated rings. The van der Waals surface area contributed by atoms with Crippen molar-refractivity contribution in [2.24, 2.45) is 17.8 Å². The van der Waals surface area contributed by atoms with Crippen LogP contribution in [0.15, 0.2) is 24.3 Å². The van der Waals surface area contributed by atoms with Gasteiger partial charge in [-0.25, -0.2) is 4.79 Å². The summed E-state index contributed by atoms with van der Waals surface area (Å²) in [4.78, 5) is 12.1. The van der Waals surface area contributed by atoms with Crippen molar-refractivity contribution in [2.75, 3.05) is 5.32 Å². The maximum Gasteiger partial charge on any atom is 0.411 e. The van der Waals surface area contributed by atoms with E-state index in [2.05, 4.69) is 26.1 Å². The molecule has 21 heavy (non-hydrogen) atoms. The fraction of sp³-hybridized carbons (Fsp3) is 0.588. The molecule has 1 aliphatic rings. The molecule has 1 aromatic carbocycles. The van der Waals surface area contributed by atoms with Crippen LogP contribution in [0.4, 0.5) is 10.5 Å². The van der Waals surface area contributed by atoms with E-state index in [4.69, 9.17) is 16.3 Å².